The zero-order valence-corrected chi connectivity index (χ0v) is 13.1. The van der Waals surface area contributed by atoms with E-state index in [2.05, 4.69) is 5.32 Å². The Labute approximate surface area is 133 Å². The first-order valence-corrected chi connectivity index (χ1v) is 7.21. The molecular weight excluding hydrogens is 275 g/mol. The molecule has 4 nitrogen and oxygen atoms in total. The molecule has 0 aliphatic carbocycles. The molecule has 0 bridgehead atoms. The van der Waals surface area contributed by atoms with Crippen molar-refractivity contribution in [1.82, 2.24) is 5.32 Å². The number of hydrogen-bond acceptors (Lipinski definition) is 3. The summed E-state index contributed by atoms with van der Waals surface area (Å²) in [7, 11) is 6.01. The number of benzene rings is 2. The molecule has 110 valence electrons. The molecule has 0 spiro atoms. The van der Waals surface area contributed by atoms with Crippen LogP contribution in [0.5, 0.6) is 11.5 Å². The van der Waals surface area contributed by atoms with Crippen molar-refractivity contribution in [3.63, 3.8) is 0 Å². The number of nitrogens with one attached hydrogen (secondary N) is 1. The summed E-state index contributed by atoms with van der Waals surface area (Å²) in [4.78, 5) is 11.7. The van der Waals surface area contributed by atoms with E-state index < -0.39 is 6.09 Å². The molecule has 1 N–H and O–H groups in total. The van der Waals surface area contributed by atoms with Crippen LogP contribution in [0.1, 0.15) is 5.56 Å². The van der Waals surface area contributed by atoms with Crippen LogP contribution in [-0.2, 0) is 6.54 Å². The first-order valence-electron chi connectivity index (χ1n) is 7.21. The van der Waals surface area contributed by atoms with Crippen molar-refractivity contribution in [2.24, 2.45) is 0 Å². The number of ether oxygens (including phenoxy) is 2. The molecule has 0 aliphatic heterocycles. The van der Waals surface area contributed by atoms with Gasteiger partial charge in [-0.1, -0.05) is 30.3 Å². The Morgan fingerprint density at radius 2 is 1.59 bits per heavy atom. The Balaban J connectivity index is 1.83. The van der Waals surface area contributed by atoms with E-state index in [1.165, 1.54) is 0 Å². The number of para-hydroxylation sites is 1. The van der Waals surface area contributed by atoms with Crippen LogP contribution in [0.2, 0.25) is 0 Å². The molecule has 22 heavy (non-hydrogen) atoms. The minimum atomic E-state index is -0.471. The van der Waals surface area contributed by atoms with Gasteiger partial charge in [0.15, 0.2) is 0 Å². The highest BCUT2D eigenvalue weighted by Gasteiger charge is 2.12. The lowest BCUT2D eigenvalue weighted by Gasteiger charge is -2.21. The monoisotopic (exact) mass is 293 g/mol. The van der Waals surface area contributed by atoms with Crippen LogP contribution in [0.15, 0.2) is 54.6 Å². The van der Waals surface area contributed by atoms with Crippen LogP contribution < -0.4 is 14.8 Å². The predicted molar refractivity (Wildman–Crippen MR) is 94.7 cm³/mol. The van der Waals surface area contributed by atoms with Crippen molar-refractivity contribution in [3.8, 4) is 11.5 Å². The van der Waals surface area contributed by atoms with E-state index in [-0.39, 0.29) is 5.30 Å². The average Bonchev–Trinajstić information content (AvgIpc) is 2.46. The van der Waals surface area contributed by atoms with E-state index in [0.29, 0.717) is 12.3 Å². The van der Waals surface area contributed by atoms with Crippen molar-refractivity contribution in [2.75, 3.05) is 0 Å². The molecule has 2 aromatic carbocycles. The first kappa shape index (κ1) is 16.1. The van der Waals surface area contributed by atoms with Crippen molar-refractivity contribution < 1.29 is 14.3 Å². The van der Waals surface area contributed by atoms with Crippen molar-refractivity contribution >= 4 is 29.6 Å². The Morgan fingerprint density at radius 1 is 0.955 bits per heavy atom. The molecule has 0 saturated carbocycles. The van der Waals surface area contributed by atoms with Gasteiger partial charge in [-0.05, 0) is 29.8 Å². The maximum absolute atomic E-state index is 11.7. The van der Waals surface area contributed by atoms with Gasteiger partial charge < -0.3 is 14.8 Å². The molecule has 2 aromatic rings. The largest absolute Gasteiger partial charge is 0.514 e. The van der Waals surface area contributed by atoms with Crippen molar-refractivity contribution in [3.05, 3.63) is 60.2 Å². The highest BCUT2D eigenvalue weighted by Crippen LogP contribution is 2.15. The van der Waals surface area contributed by atoms with Crippen LogP contribution in [0.25, 0.3) is 0 Å². The van der Waals surface area contributed by atoms with E-state index in [1.807, 2.05) is 66.0 Å². The molecule has 0 fully saturated rings. The molecule has 0 unspecified atom stereocenters. The van der Waals surface area contributed by atoms with Gasteiger partial charge in [0, 0.05) is 11.8 Å². The van der Waals surface area contributed by atoms with E-state index in [4.69, 9.17) is 9.47 Å². The van der Waals surface area contributed by atoms with Gasteiger partial charge in [0.05, 0.1) is 0 Å². The highest BCUT2D eigenvalue weighted by molar-refractivity contribution is 6.58. The maximum atomic E-state index is 11.7. The third-order valence-corrected chi connectivity index (χ3v) is 2.74. The SMILES string of the molecule is BC(B)(B)Oc1ccc(CNC(=O)Oc2ccccc2)cc1. The third kappa shape index (κ3) is 5.60. The minimum Gasteiger partial charge on any atom is -0.514 e. The summed E-state index contributed by atoms with van der Waals surface area (Å²) in [6.45, 7) is 0.404. The Hall–Kier alpha value is -2.30. The molecule has 0 atom stereocenters. The number of hydrogen-bond donors (Lipinski definition) is 1. The lowest BCUT2D eigenvalue weighted by Crippen LogP contribution is -2.37. The summed E-state index contributed by atoms with van der Waals surface area (Å²) in [6.07, 6.45) is -0.471. The normalized spacial score (nSPS) is 10.7. The van der Waals surface area contributed by atoms with E-state index in [1.54, 1.807) is 12.1 Å². The van der Waals surface area contributed by atoms with E-state index in [9.17, 15) is 4.79 Å². The van der Waals surface area contributed by atoms with Crippen LogP contribution in [0.4, 0.5) is 4.79 Å². The summed E-state index contributed by atoms with van der Waals surface area (Å²) in [5, 5.41) is 2.49. The fourth-order valence-electron chi connectivity index (χ4n) is 1.83. The Kier molecular flexibility index (Phi) is 5.20. The Bertz CT molecular complexity index is 612. The molecular formula is C15H18B3NO3. The average molecular weight is 293 g/mol. The van der Waals surface area contributed by atoms with E-state index >= 15 is 0 Å². The summed E-state index contributed by atoms with van der Waals surface area (Å²) in [5.74, 6) is 1.33. The second-order valence-corrected chi connectivity index (χ2v) is 5.91. The molecule has 0 radical (unpaired) electrons. The van der Waals surface area contributed by atoms with Crippen molar-refractivity contribution in [2.45, 2.75) is 11.8 Å². The molecule has 7 heteroatoms. The zero-order chi connectivity index (χ0) is 16.0. The Morgan fingerprint density at radius 3 is 2.18 bits per heavy atom. The standard InChI is InChI=1S/C15H18B3NO3/c16-15(17,18)22-13-8-6-11(7-9-13)10-19-14(20)21-12-4-2-1-3-5-12/h1-9H,10,16-18H2,(H,19,20). The van der Waals surface area contributed by atoms with Gasteiger partial charge in [-0.15, -0.1) is 0 Å². The predicted octanol–water partition coefficient (Wildman–Crippen LogP) is -0.135. The fourth-order valence-corrected chi connectivity index (χ4v) is 1.83. The van der Waals surface area contributed by atoms with E-state index in [0.717, 1.165) is 11.3 Å². The quantitative estimate of drug-likeness (QED) is 0.781. The number of amides is 1. The van der Waals surface area contributed by atoms with Gasteiger partial charge in [0.1, 0.15) is 35.0 Å². The summed E-state index contributed by atoms with van der Waals surface area (Å²) in [5.41, 5.74) is 0.978. The number of rotatable bonds is 5. The molecule has 2 rings (SSSR count). The van der Waals surface area contributed by atoms with Gasteiger partial charge in [-0.3, -0.25) is 0 Å². The lowest BCUT2D eigenvalue weighted by molar-refractivity contribution is 0.200. The second-order valence-electron chi connectivity index (χ2n) is 5.91. The van der Waals surface area contributed by atoms with Gasteiger partial charge in [0.25, 0.3) is 0 Å². The maximum Gasteiger partial charge on any atom is 0.412 e. The second kappa shape index (κ2) is 7.12. The topological polar surface area (TPSA) is 47.6 Å². The van der Waals surface area contributed by atoms with Crippen LogP contribution in [0.3, 0.4) is 0 Å². The van der Waals surface area contributed by atoms with Crippen molar-refractivity contribution in [1.29, 1.82) is 0 Å². The summed E-state index contributed by atoms with van der Waals surface area (Å²) >= 11 is 0. The minimum absolute atomic E-state index is 0.223. The molecule has 0 aromatic heterocycles. The zero-order valence-electron chi connectivity index (χ0n) is 13.1. The third-order valence-electron chi connectivity index (χ3n) is 2.74. The summed E-state index contributed by atoms with van der Waals surface area (Å²) < 4.78 is 10.9. The van der Waals surface area contributed by atoms with Gasteiger partial charge in [-0.2, -0.15) is 0 Å². The molecule has 0 aliphatic rings. The number of carbonyl (C=O) groups excluding carboxylic acids is 1. The first-order chi connectivity index (χ1) is 10.4. The van der Waals surface area contributed by atoms with Crippen LogP contribution in [-0.4, -0.2) is 34.9 Å². The van der Waals surface area contributed by atoms with Gasteiger partial charge >= 0.3 is 6.09 Å². The fraction of sp³-hybridized carbons (Fsp3) is 0.133. The van der Waals surface area contributed by atoms with Gasteiger partial charge in [0.2, 0.25) is 0 Å². The highest BCUT2D eigenvalue weighted by atomic mass is 16.6. The lowest BCUT2D eigenvalue weighted by atomic mass is 9.52. The molecule has 0 heterocycles. The summed E-state index contributed by atoms with van der Waals surface area (Å²) in [6, 6.07) is 16.6. The smallest absolute Gasteiger partial charge is 0.412 e. The van der Waals surface area contributed by atoms with Gasteiger partial charge in [-0.25, -0.2) is 4.79 Å². The van der Waals surface area contributed by atoms with Crippen LogP contribution in [0, 0.1) is 0 Å². The molecule has 0 saturated heterocycles. The van der Waals surface area contributed by atoms with Crippen LogP contribution >= 0.6 is 0 Å². The molecule has 1 amide bonds. The number of carbonyl (C=O) groups is 1.